The summed E-state index contributed by atoms with van der Waals surface area (Å²) in [7, 11) is 0. The Morgan fingerprint density at radius 1 is 1.46 bits per heavy atom. The number of aromatic nitrogens is 2. The first-order valence-corrected chi connectivity index (χ1v) is 5.01. The predicted octanol–water partition coefficient (Wildman–Crippen LogP) is 1.97. The Balaban J connectivity index is 2.32. The van der Waals surface area contributed by atoms with Crippen LogP contribution < -0.4 is 5.73 Å². The van der Waals surface area contributed by atoms with Gasteiger partial charge < -0.3 is 5.73 Å². The maximum absolute atomic E-state index is 5.87. The molecular weight excluding hydrogens is 186 g/mol. The minimum absolute atomic E-state index is 0.749. The molecule has 0 amide bonds. The summed E-state index contributed by atoms with van der Waals surface area (Å²) in [5.74, 6) is 0. The molecule has 0 spiro atoms. The lowest BCUT2D eigenvalue weighted by atomic mass is 10.2. The summed E-state index contributed by atoms with van der Waals surface area (Å²) in [6, 6.07) is 0. The molecule has 0 aliphatic rings. The minimum atomic E-state index is 0.749. The van der Waals surface area contributed by atoms with E-state index in [-0.39, 0.29) is 0 Å². The molecule has 0 bridgehead atoms. The van der Waals surface area contributed by atoms with Crippen LogP contribution in [0.1, 0.15) is 25.0 Å². The van der Waals surface area contributed by atoms with Crippen LogP contribution in [0.25, 0.3) is 0 Å². The molecule has 0 aliphatic heterocycles. The number of nitrogens with two attached hydrogens (primary N) is 1. The summed E-state index contributed by atoms with van der Waals surface area (Å²) >= 11 is 5.87. The quantitative estimate of drug-likeness (QED) is 0.741. The van der Waals surface area contributed by atoms with Crippen molar-refractivity contribution in [1.82, 2.24) is 9.78 Å². The zero-order valence-corrected chi connectivity index (χ0v) is 8.72. The average molecular weight is 202 g/mol. The van der Waals surface area contributed by atoms with E-state index in [1.165, 1.54) is 0 Å². The lowest BCUT2D eigenvalue weighted by molar-refractivity contribution is 0.537. The molecule has 0 saturated heterocycles. The molecule has 1 aromatic heterocycles. The SMILES string of the molecule is Cc1c(Cl)cnn1CCCCCN. The lowest BCUT2D eigenvalue weighted by Gasteiger charge is -2.03. The van der Waals surface area contributed by atoms with Crippen molar-refractivity contribution in [3.8, 4) is 0 Å². The Bertz CT molecular complexity index is 257. The number of hydrogen-bond donors (Lipinski definition) is 1. The molecule has 1 rings (SSSR count). The molecule has 13 heavy (non-hydrogen) atoms. The highest BCUT2D eigenvalue weighted by Gasteiger charge is 2.02. The molecule has 1 aromatic rings. The number of unbranched alkanes of at least 4 members (excludes halogenated alkanes) is 2. The second-order valence-electron chi connectivity index (χ2n) is 3.15. The van der Waals surface area contributed by atoms with Crippen molar-refractivity contribution in [2.75, 3.05) is 6.54 Å². The van der Waals surface area contributed by atoms with E-state index in [0.717, 1.165) is 43.1 Å². The van der Waals surface area contributed by atoms with Crippen molar-refractivity contribution in [3.63, 3.8) is 0 Å². The van der Waals surface area contributed by atoms with E-state index in [1.807, 2.05) is 11.6 Å². The van der Waals surface area contributed by atoms with Crippen LogP contribution in [0.3, 0.4) is 0 Å². The molecule has 0 aliphatic carbocycles. The fraction of sp³-hybridized carbons (Fsp3) is 0.667. The third-order valence-electron chi connectivity index (χ3n) is 2.12. The Morgan fingerprint density at radius 3 is 2.77 bits per heavy atom. The molecular formula is C9H16ClN3. The smallest absolute Gasteiger partial charge is 0.0814 e. The van der Waals surface area contributed by atoms with Crippen molar-refractivity contribution >= 4 is 11.6 Å². The molecule has 2 N–H and O–H groups in total. The molecule has 0 aromatic carbocycles. The second-order valence-corrected chi connectivity index (χ2v) is 3.56. The number of halogens is 1. The number of hydrogen-bond acceptors (Lipinski definition) is 2. The van der Waals surface area contributed by atoms with E-state index in [1.54, 1.807) is 6.20 Å². The van der Waals surface area contributed by atoms with Crippen LogP contribution in [0.5, 0.6) is 0 Å². The first-order valence-electron chi connectivity index (χ1n) is 4.63. The van der Waals surface area contributed by atoms with Gasteiger partial charge in [0.25, 0.3) is 0 Å². The van der Waals surface area contributed by atoms with Crippen molar-refractivity contribution in [1.29, 1.82) is 0 Å². The maximum atomic E-state index is 5.87. The maximum Gasteiger partial charge on any atom is 0.0814 e. The van der Waals surface area contributed by atoms with Gasteiger partial charge in [-0.25, -0.2) is 0 Å². The highest BCUT2D eigenvalue weighted by atomic mass is 35.5. The van der Waals surface area contributed by atoms with Crippen LogP contribution >= 0.6 is 11.6 Å². The first kappa shape index (κ1) is 10.5. The summed E-state index contributed by atoms with van der Waals surface area (Å²) < 4.78 is 1.94. The zero-order valence-electron chi connectivity index (χ0n) is 7.96. The Morgan fingerprint density at radius 2 is 2.23 bits per heavy atom. The number of aryl methyl sites for hydroxylation is 1. The summed E-state index contributed by atoms with van der Waals surface area (Å²) in [4.78, 5) is 0. The van der Waals surface area contributed by atoms with Gasteiger partial charge in [0.05, 0.1) is 16.9 Å². The Kier molecular flexibility index (Phi) is 4.25. The van der Waals surface area contributed by atoms with Crippen molar-refractivity contribution < 1.29 is 0 Å². The number of nitrogens with zero attached hydrogens (tertiary/aromatic N) is 2. The van der Waals surface area contributed by atoms with Crippen molar-refractivity contribution in [3.05, 3.63) is 16.9 Å². The standard InChI is InChI=1S/C9H16ClN3/c1-8-9(10)7-12-13(8)6-4-2-3-5-11/h7H,2-6,11H2,1H3. The van der Waals surface area contributed by atoms with E-state index in [2.05, 4.69) is 5.10 Å². The highest BCUT2D eigenvalue weighted by Crippen LogP contribution is 2.13. The monoisotopic (exact) mass is 201 g/mol. The van der Waals surface area contributed by atoms with E-state index < -0.39 is 0 Å². The second kappa shape index (κ2) is 5.25. The molecule has 0 atom stereocenters. The van der Waals surface area contributed by atoms with E-state index >= 15 is 0 Å². The van der Waals surface area contributed by atoms with Gasteiger partial charge in [-0.2, -0.15) is 5.10 Å². The van der Waals surface area contributed by atoms with Gasteiger partial charge in [0.1, 0.15) is 0 Å². The Labute approximate surface area is 83.9 Å². The molecule has 0 radical (unpaired) electrons. The van der Waals surface area contributed by atoms with Crippen molar-refractivity contribution in [2.45, 2.75) is 32.7 Å². The van der Waals surface area contributed by atoms with Crippen molar-refractivity contribution in [2.24, 2.45) is 5.73 Å². The van der Waals surface area contributed by atoms with E-state index in [0.29, 0.717) is 0 Å². The topological polar surface area (TPSA) is 43.8 Å². The molecule has 74 valence electrons. The third-order valence-corrected chi connectivity index (χ3v) is 2.49. The summed E-state index contributed by atoms with van der Waals surface area (Å²) in [6.45, 7) is 3.70. The van der Waals surface area contributed by atoms with Gasteiger partial charge in [-0.05, 0) is 26.3 Å². The predicted molar refractivity (Wildman–Crippen MR) is 54.9 cm³/mol. The van der Waals surface area contributed by atoms with Crippen LogP contribution in [0, 0.1) is 6.92 Å². The summed E-state index contributed by atoms with van der Waals surface area (Å²) in [6.07, 6.45) is 5.07. The van der Waals surface area contributed by atoms with Gasteiger partial charge in [-0.15, -0.1) is 0 Å². The average Bonchev–Trinajstić information content (AvgIpc) is 2.43. The van der Waals surface area contributed by atoms with Gasteiger partial charge in [0.2, 0.25) is 0 Å². The summed E-state index contributed by atoms with van der Waals surface area (Å²) in [5, 5.41) is 4.92. The van der Waals surface area contributed by atoms with Crippen LogP contribution in [0.15, 0.2) is 6.20 Å². The molecule has 0 fully saturated rings. The lowest BCUT2D eigenvalue weighted by Crippen LogP contribution is -2.04. The van der Waals surface area contributed by atoms with Gasteiger partial charge in [-0.3, -0.25) is 4.68 Å². The fourth-order valence-electron chi connectivity index (χ4n) is 1.23. The van der Waals surface area contributed by atoms with E-state index in [4.69, 9.17) is 17.3 Å². The number of rotatable bonds is 5. The van der Waals surface area contributed by atoms with Crippen LogP contribution in [0.4, 0.5) is 0 Å². The van der Waals surface area contributed by atoms with Gasteiger partial charge >= 0.3 is 0 Å². The van der Waals surface area contributed by atoms with Crippen LogP contribution in [-0.4, -0.2) is 16.3 Å². The highest BCUT2D eigenvalue weighted by molar-refractivity contribution is 6.31. The molecule has 1 heterocycles. The zero-order chi connectivity index (χ0) is 9.68. The fourth-order valence-corrected chi connectivity index (χ4v) is 1.37. The van der Waals surface area contributed by atoms with Gasteiger partial charge in [-0.1, -0.05) is 18.0 Å². The van der Waals surface area contributed by atoms with Gasteiger partial charge in [0, 0.05) is 6.54 Å². The van der Waals surface area contributed by atoms with Crippen LogP contribution in [0.2, 0.25) is 5.02 Å². The molecule has 4 heteroatoms. The van der Waals surface area contributed by atoms with Gasteiger partial charge in [0.15, 0.2) is 0 Å². The Hall–Kier alpha value is -0.540. The molecule has 0 unspecified atom stereocenters. The van der Waals surface area contributed by atoms with Crippen LogP contribution in [-0.2, 0) is 6.54 Å². The minimum Gasteiger partial charge on any atom is -0.330 e. The molecule has 3 nitrogen and oxygen atoms in total. The largest absolute Gasteiger partial charge is 0.330 e. The summed E-state index contributed by atoms with van der Waals surface area (Å²) in [5.41, 5.74) is 6.45. The van der Waals surface area contributed by atoms with E-state index in [9.17, 15) is 0 Å². The normalized spacial score (nSPS) is 10.7. The molecule has 0 saturated carbocycles. The first-order chi connectivity index (χ1) is 6.25. The third kappa shape index (κ3) is 3.01.